The molecule has 6 nitrogen and oxygen atoms in total. The Labute approximate surface area is 198 Å². The van der Waals surface area contributed by atoms with E-state index < -0.39 is 0 Å². The lowest BCUT2D eigenvalue weighted by Gasteiger charge is -2.17. The maximum Gasteiger partial charge on any atom is 0.252 e. The molecule has 1 amide bonds. The first-order valence-corrected chi connectivity index (χ1v) is 11.8. The minimum Gasteiger partial charge on any atom is -0.437 e. The summed E-state index contributed by atoms with van der Waals surface area (Å²) >= 11 is 7.40. The van der Waals surface area contributed by atoms with E-state index in [1.54, 1.807) is 36.7 Å². The average Bonchev–Trinajstić information content (AvgIpc) is 2.82. The molecule has 0 aliphatic heterocycles. The van der Waals surface area contributed by atoms with Gasteiger partial charge in [0.05, 0.1) is 0 Å². The number of amides is 1. The molecule has 32 heavy (non-hydrogen) atoms. The number of rotatable bonds is 11. The van der Waals surface area contributed by atoms with Crippen LogP contribution < -0.4 is 10.1 Å². The predicted molar refractivity (Wildman–Crippen MR) is 129 cm³/mol. The molecule has 1 heterocycles. The number of carbonyl (C=O) groups is 1. The molecule has 0 fully saturated rings. The SMILES string of the molecule is CCN(CC)CCCNC(=O)c1ccc(Oc2nccnc2Sc2ccc(Cl)cc2)cc1. The quantitative estimate of drug-likeness (QED) is 0.371. The van der Waals surface area contributed by atoms with E-state index in [9.17, 15) is 4.79 Å². The highest BCUT2D eigenvalue weighted by atomic mass is 35.5. The van der Waals surface area contributed by atoms with Crippen molar-refractivity contribution in [3.05, 3.63) is 71.5 Å². The number of aromatic nitrogens is 2. The molecule has 0 spiro atoms. The van der Waals surface area contributed by atoms with Crippen molar-refractivity contribution in [2.45, 2.75) is 30.2 Å². The predicted octanol–water partition coefficient (Wildman–Crippen LogP) is 5.54. The van der Waals surface area contributed by atoms with Crippen LogP contribution in [0.2, 0.25) is 5.02 Å². The Morgan fingerprint density at radius 3 is 2.41 bits per heavy atom. The van der Waals surface area contributed by atoms with Crippen LogP contribution in [0, 0.1) is 0 Å². The first-order chi connectivity index (χ1) is 15.6. The molecule has 168 valence electrons. The van der Waals surface area contributed by atoms with E-state index in [1.165, 1.54) is 11.8 Å². The lowest BCUT2D eigenvalue weighted by atomic mass is 10.2. The number of halogens is 1. The minimum absolute atomic E-state index is 0.0883. The molecule has 2 aromatic carbocycles. The van der Waals surface area contributed by atoms with Crippen molar-refractivity contribution >= 4 is 29.3 Å². The Balaban J connectivity index is 1.56. The van der Waals surface area contributed by atoms with E-state index in [0.29, 0.717) is 33.8 Å². The molecule has 0 unspecified atom stereocenters. The largest absolute Gasteiger partial charge is 0.437 e. The van der Waals surface area contributed by atoms with Gasteiger partial charge in [-0.1, -0.05) is 37.2 Å². The van der Waals surface area contributed by atoms with Crippen LogP contribution in [0.4, 0.5) is 0 Å². The standard InChI is InChI=1S/C24H27ClN4O2S/c1-3-29(4-2)17-5-14-26-22(30)18-6-10-20(11-7-18)31-23-24(28-16-15-27-23)32-21-12-8-19(25)9-13-21/h6-13,15-16H,3-5,14,17H2,1-2H3,(H,26,30). The summed E-state index contributed by atoms with van der Waals surface area (Å²) in [6.07, 6.45) is 4.13. The van der Waals surface area contributed by atoms with Crippen molar-refractivity contribution in [1.82, 2.24) is 20.2 Å². The molecule has 0 bridgehead atoms. The molecule has 3 rings (SSSR count). The van der Waals surface area contributed by atoms with Crippen LogP contribution in [-0.2, 0) is 0 Å². The molecule has 8 heteroatoms. The van der Waals surface area contributed by atoms with E-state index in [2.05, 4.69) is 34.0 Å². The molecule has 0 saturated carbocycles. The number of carbonyl (C=O) groups excluding carboxylic acids is 1. The molecule has 1 N–H and O–H groups in total. The van der Waals surface area contributed by atoms with Gasteiger partial charge in [0.25, 0.3) is 11.8 Å². The highest BCUT2D eigenvalue weighted by Crippen LogP contribution is 2.34. The minimum atomic E-state index is -0.0883. The van der Waals surface area contributed by atoms with Gasteiger partial charge < -0.3 is 15.0 Å². The lowest BCUT2D eigenvalue weighted by Crippen LogP contribution is -2.29. The maximum atomic E-state index is 12.4. The molecule has 3 aromatic rings. The fourth-order valence-corrected chi connectivity index (χ4v) is 3.92. The fourth-order valence-electron chi connectivity index (χ4n) is 3.00. The Bertz CT molecular complexity index is 996. The van der Waals surface area contributed by atoms with E-state index in [0.717, 1.165) is 31.0 Å². The molecule has 0 saturated heterocycles. The van der Waals surface area contributed by atoms with Gasteiger partial charge >= 0.3 is 0 Å². The molecule has 0 radical (unpaired) electrons. The van der Waals surface area contributed by atoms with Gasteiger partial charge in [0.2, 0.25) is 0 Å². The second-order valence-electron chi connectivity index (χ2n) is 6.99. The number of hydrogen-bond acceptors (Lipinski definition) is 6. The van der Waals surface area contributed by atoms with Crippen LogP contribution in [0.15, 0.2) is 70.8 Å². The molecule has 1 aromatic heterocycles. The third-order valence-corrected chi connectivity index (χ3v) is 6.06. The molecular weight excluding hydrogens is 444 g/mol. The third kappa shape index (κ3) is 7.22. The summed E-state index contributed by atoms with van der Waals surface area (Å²) < 4.78 is 5.93. The van der Waals surface area contributed by atoms with Gasteiger partial charge in [0, 0.05) is 34.4 Å². The second kappa shape index (κ2) is 12.4. The highest BCUT2D eigenvalue weighted by Gasteiger charge is 2.11. The van der Waals surface area contributed by atoms with E-state index in [1.807, 2.05) is 24.3 Å². The third-order valence-electron chi connectivity index (χ3n) is 4.82. The summed E-state index contributed by atoms with van der Waals surface area (Å²) in [6.45, 7) is 7.97. The van der Waals surface area contributed by atoms with Gasteiger partial charge in [-0.15, -0.1) is 0 Å². The van der Waals surface area contributed by atoms with Gasteiger partial charge in [-0.05, 0) is 74.6 Å². The molecule has 0 aliphatic carbocycles. The number of ether oxygens (including phenoxy) is 1. The van der Waals surface area contributed by atoms with Gasteiger partial charge in [-0.25, -0.2) is 9.97 Å². The van der Waals surface area contributed by atoms with Crippen molar-refractivity contribution in [3.63, 3.8) is 0 Å². The fraction of sp³-hybridized carbons (Fsp3) is 0.292. The van der Waals surface area contributed by atoms with Crippen LogP contribution in [0.5, 0.6) is 11.6 Å². The van der Waals surface area contributed by atoms with E-state index in [-0.39, 0.29) is 5.91 Å². The molecule has 0 atom stereocenters. The summed E-state index contributed by atoms with van der Waals surface area (Å²) in [4.78, 5) is 24.4. The zero-order valence-corrected chi connectivity index (χ0v) is 19.8. The Hall–Kier alpha value is -2.61. The van der Waals surface area contributed by atoms with Gasteiger partial charge in [0.1, 0.15) is 5.75 Å². The van der Waals surface area contributed by atoms with Crippen molar-refractivity contribution in [1.29, 1.82) is 0 Å². The zero-order chi connectivity index (χ0) is 22.8. The average molecular weight is 471 g/mol. The van der Waals surface area contributed by atoms with Crippen LogP contribution >= 0.6 is 23.4 Å². The summed E-state index contributed by atoms with van der Waals surface area (Å²) in [5.41, 5.74) is 0.593. The van der Waals surface area contributed by atoms with Crippen molar-refractivity contribution in [2.75, 3.05) is 26.2 Å². The van der Waals surface area contributed by atoms with Gasteiger partial charge in [-0.3, -0.25) is 4.79 Å². The monoisotopic (exact) mass is 470 g/mol. The summed E-state index contributed by atoms with van der Waals surface area (Å²) in [5, 5.41) is 4.29. The number of nitrogens with zero attached hydrogens (tertiary/aromatic N) is 3. The van der Waals surface area contributed by atoms with Crippen LogP contribution in [0.3, 0.4) is 0 Å². The smallest absolute Gasteiger partial charge is 0.252 e. The molecule has 0 aliphatic rings. The number of benzene rings is 2. The Morgan fingerprint density at radius 2 is 1.72 bits per heavy atom. The normalized spacial score (nSPS) is 10.9. The van der Waals surface area contributed by atoms with E-state index >= 15 is 0 Å². The number of hydrogen-bond donors (Lipinski definition) is 1. The Kier molecular flexibility index (Phi) is 9.34. The maximum absolute atomic E-state index is 12.4. The van der Waals surface area contributed by atoms with Crippen molar-refractivity contribution in [3.8, 4) is 11.6 Å². The second-order valence-corrected chi connectivity index (χ2v) is 8.48. The highest BCUT2D eigenvalue weighted by molar-refractivity contribution is 7.99. The van der Waals surface area contributed by atoms with Crippen molar-refractivity contribution in [2.24, 2.45) is 0 Å². The van der Waals surface area contributed by atoms with Crippen LogP contribution in [-0.4, -0.2) is 47.0 Å². The Morgan fingerprint density at radius 1 is 1.03 bits per heavy atom. The van der Waals surface area contributed by atoms with Crippen LogP contribution in [0.1, 0.15) is 30.6 Å². The van der Waals surface area contributed by atoms with Crippen LogP contribution in [0.25, 0.3) is 0 Å². The zero-order valence-electron chi connectivity index (χ0n) is 18.3. The summed E-state index contributed by atoms with van der Waals surface area (Å²) in [6, 6.07) is 14.5. The topological polar surface area (TPSA) is 67.4 Å². The first-order valence-electron chi connectivity index (χ1n) is 10.6. The van der Waals surface area contributed by atoms with E-state index in [4.69, 9.17) is 16.3 Å². The number of nitrogens with one attached hydrogen (secondary N) is 1. The van der Waals surface area contributed by atoms with Gasteiger partial charge in [0.15, 0.2) is 5.03 Å². The molecular formula is C24H27ClN4O2S. The lowest BCUT2D eigenvalue weighted by molar-refractivity contribution is 0.0952. The summed E-state index contributed by atoms with van der Waals surface area (Å²) in [5.74, 6) is 0.900. The first kappa shape index (κ1) is 24.0. The van der Waals surface area contributed by atoms with Gasteiger partial charge in [-0.2, -0.15) is 0 Å². The van der Waals surface area contributed by atoms with Crippen molar-refractivity contribution < 1.29 is 9.53 Å². The summed E-state index contributed by atoms with van der Waals surface area (Å²) in [7, 11) is 0.